The number of rotatable bonds is 11. The second-order valence-corrected chi connectivity index (χ2v) is 9.37. The summed E-state index contributed by atoms with van der Waals surface area (Å²) in [6, 6.07) is -0.0790. The largest absolute Gasteiger partial charge is 0.377 e. The molecule has 190 valence electrons. The van der Waals surface area contributed by atoms with Crippen LogP contribution < -0.4 is 15.8 Å². The van der Waals surface area contributed by atoms with E-state index in [0.29, 0.717) is 49.5 Å². The van der Waals surface area contributed by atoms with Crippen molar-refractivity contribution in [2.75, 3.05) is 57.3 Å². The Labute approximate surface area is 199 Å². The lowest BCUT2D eigenvalue weighted by atomic mass is 9.92. The molecule has 0 radical (unpaired) electrons. The van der Waals surface area contributed by atoms with Crippen LogP contribution in [0.25, 0.3) is 0 Å². The number of hydrazine groups is 1. The zero-order valence-electron chi connectivity index (χ0n) is 20.2. The van der Waals surface area contributed by atoms with Crippen molar-refractivity contribution in [1.29, 1.82) is 0 Å². The Morgan fingerprint density at radius 1 is 1.35 bits per heavy atom. The van der Waals surface area contributed by atoms with Gasteiger partial charge in [-0.15, -0.1) is 0 Å². The highest BCUT2D eigenvalue weighted by Gasteiger charge is 2.30. The third-order valence-electron chi connectivity index (χ3n) is 6.32. The van der Waals surface area contributed by atoms with Crippen molar-refractivity contribution in [1.82, 2.24) is 25.4 Å². The summed E-state index contributed by atoms with van der Waals surface area (Å²) in [4.78, 5) is 36.1. The third-order valence-corrected chi connectivity index (χ3v) is 6.32. The van der Waals surface area contributed by atoms with E-state index in [1.807, 2.05) is 23.9 Å². The number of carbonyl (C=O) groups excluding carboxylic acids is 2. The van der Waals surface area contributed by atoms with E-state index in [0.717, 1.165) is 25.7 Å². The molecule has 1 aliphatic heterocycles. The fourth-order valence-corrected chi connectivity index (χ4v) is 4.73. The van der Waals surface area contributed by atoms with Gasteiger partial charge in [0.25, 0.3) is 0 Å². The van der Waals surface area contributed by atoms with Crippen LogP contribution in [0.5, 0.6) is 0 Å². The second-order valence-electron chi connectivity index (χ2n) is 9.37. The summed E-state index contributed by atoms with van der Waals surface area (Å²) >= 11 is 0. The van der Waals surface area contributed by atoms with Crippen molar-refractivity contribution in [3.63, 3.8) is 0 Å². The number of nitrogens with one attached hydrogen (secondary N) is 2. The smallest absolute Gasteiger partial charge is 0.243 e. The van der Waals surface area contributed by atoms with Gasteiger partial charge in [-0.05, 0) is 33.4 Å². The zero-order valence-corrected chi connectivity index (χ0v) is 20.2. The molecular weight excluding hydrogens is 445 g/mol. The third kappa shape index (κ3) is 6.97. The van der Waals surface area contributed by atoms with E-state index in [-0.39, 0.29) is 30.6 Å². The van der Waals surface area contributed by atoms with Gasteiger partial charge in [0, 0.05) is 13.1 Å². The number of aryl methyl sites for hydroxylation is 1. The standard InChI is InChI=1S/C22H36FN7O4/c1-15-24-20(19(23)21(25-15)30-8-9-34-13-18(30)12-28(2)3)26-27-22(32)17(11-29(33)14-31)10-16-6-4-5-7-16/h14,16-18,33H,4-13H2,1-3H3,(H,27,32)(H,24,25,26)/t17-,18+/m0/s1. The molecule has 1 aromatic heterocycles. The van der Waals surface area contributed by atoms with E-state index in [1.165, 1.54) is 0 Å². The molecule has 2 aliphatic rings. The summed E-state index contributed by atoms with van der Waals surface area (Å²) in [6.45, 7) is 3.59. The summed E-state index contributed by atoms with van der Waals surface area (Å²) in [5, 5.41) is 10.1. The first kappa shape index (κ1) is 26.0. The monoisotopic (exact) mass is 481 g/mol. The second kappa shape index (κ2) is 12.2. The number of halogens is 1. The molecule has 0 spiro atoms. The van der Waals surface area contributed by atoms with E-state index in [9.17, 15) is 14.8 Å². The van der Waals surface area contributed by atoms with E-state index in [1.54, 1.807) is 6.92 Å². The number of morpholine rings is 1. The minimum atomic E-state index is -0.666. The van der Waals surface area contributed by atoms with Crippen molar-refractivity contribution in [2.24, 2.45) is 11.8 Å². The Morgan fingerprint density at radius 2 is 2.09 bits per heavy atom. The molecular formula is C22H36FN7O4. The lowest BCUT2D eigenvalue weighted by Gasteiger charge is -2.38. The molecule has 12 heteroatoms. The predicted molar refractivity (Wildman–Crippen MR) is 124 cm³/mol. The van der Waals surface area contributed by atoms with E-state index in [2.05, 4.69) is 20.8 Å². The maximum absolute atomic E-state index is 15.5. The molecule has 2 fully saturated rings. The summed E-state index contributed by atoms with van der Waals surface area (Å²) in [5.74, 6) is -1.02. The van der Waals surface area contributed by atoms with Crippen LogP contribution in [0.4, 0.5) is 16.0 Å². The first-order valence-electron chi connectivity index (χ1n) is 11.8. The number of anilines is 2. The molecule has 3 rings (SSSR count). The van der Waals surface area contributed by atoms with Gasteiger partial charge in [0.05, 0.1) is 31.7 Å². The van der Waals surface area contributed by atoms with Gasteiger partial charge < -0.3 is 14.5 Å². The number of amides is 2. The normalized spacial score (nSPS) is 19.8. The van der Waals surface area contributed by atoms with Gasteiger partial charge in [0.15, 0.2) is 11.6 Å². The summed E-state index contributed by atoms with van der Waals surface area (Å²) in [7, 11) is 3.88. The fourth-order valence-electron chi connectivity index (χ4n) is 4.73. The summed E-state index contributed by atoms with van der Waals surface area (Å²) in [5.41, 5.74) is 5.12. The minimum absolute atomic E-state index is 0.0790. The zero-order chi connectivity index (χ0) is 24.7. The Bertz CT molecular complexity index is 838. The van der Waals surface area contributed by atoms with Crippen LogP contribution in [0.15, 0.2) is 0 Å². The molecule has 11 nitrogen and oxygen atoms in total. The van der Waals surface area contributed by atoms with Gasteiger partial charge >= 0.3 is 0 Å². The lowest BCUT2D eigenvalue weighted by Crippen LogP contribution is -2.51. The molecule has 1 saturated carbocycles. The van der Waals surface area contributed by atoms with Gasteiger partial charge in [-0.25, -0.2) is 15.0 Å². The Morgan fingerprint density at radius 3 is 2.76 bits per heavy atom. The highest BCUT2D eigenvalue weighted by molar-refractivity contribution is 5.80. The molecule has 1 aliphatic carbocycles. The number of likely N-dealkylation sites (N-methyl/N-ethyl adjacent to an activating group) is 1. The van der Waals surface area contributed by atoms with Crippen molar-refractivity contribution in [3.8, 4) is 0 Å². The maximum Gasteiger partial charge on any atom is 0.243 e. The molecule has 2 atom stereocenters. The van der Waals surface area contributed by atoms with Crippen LogP contribution in [0.3, 0.4) is 0 Å². The first-order chi connectivity index (χ1) is 16.3. The first-order valence-corrected chi connectivity index (χ1v) is 11.8. The Kier molecular flexibility index (Phi) is 9.36. The molecule has 1 aromatic rings. The number of aromatic nitrogens is 2. The van der Waals surface area contributed by atoms with Crippen LogP contribution >= 0.6 is 0 Å². The van der Waals surface area contributed by atoms with E-state index >= 15 is 4.39 Å². The molecule has 0 bridgehead atoms. The lowest BCUT2D eigenvalue weighted by molar-refractivity contribution is -0.154. The molecule has 0 aromatic carbocycles. The molecule has 2 heterocycles. The molecule has 34 heavy (non-hydrogen) atoms. The topological polar surface area (TPSA) is 123 Å². The Balaban J connectivity index is 1.73. The van der Waals surface area contributed by atoms with Crippen molar-refractivity contribution >= 4 is 24.0 Å². The van der Waals surface area contributed by atoms with Gasteiger partial charge in [-0.2, -0.15) is 4.39 Å². The average molecular weight is 482 g/mol. The quantitative estimate of drug-likeness (QED) is 0.243. The van der Waals surface area contributed by atoms with Crippen molar-refractivity contribution < 1.29 is 23.9 Å². The average Bonchev–Trinajstić information content (AvgIpc) is 3.32. The molecule has 3 N–H and O–H groups in total. The van der Waals surface area contributed by atoms with Crippen LogP contribution in [0.2, 0.25) is 0 Å². The fraction of sp³-hybridized carbons (Fsp3) is 0.727. The molecule has 1 saturated heterocycles. The Hall–Kier alpha value is -2.57. The summed E-state index contributed by atoms with van der Waals surface area (Å²) in [6.07, 6.45) is 5.06. The number of carbonyl (C=O) groups is 2. The number of nitrogens with zero attached hydrogens (tertiary/aromatic N) is 5. The number of ether oxygens (including phenoxy) is 1. The van der Waals surface area contributed by atoms with Crippen LogP contribution in [0, 0.1) is 24.6 Å². The maximum atomic E-state index is 15.5. The molecule has 0 unspecified atom stereocenters. The number of hydrogen-bond acceptors (Lipinski definition) is 9. The highest BCUT2D eigenvalue weighted by Crippen LogP contribution is 2.31. The van der Waals surface area contributed by atoms with Crippen molar-refractivity contribution in [3.05, 3.63) is 11.6 Å². The highest BCUT2D eigenvalue weighted by atomic mass is 19.1. The van der Waals surface area contributed by atoms with Crippen LogP contribution in [-0.4, -0.2) is 90.4 Å². The van der Waals surface area contributed by atoms with Gasteiger partial charge in [-0.1, -0.05) is 25.7 Å². The van der Waals surface area contributed by atoms with Gasteiger partial charge in [0.2, 0.25) is 18.1 Å². The van der Waals surface area contributed by atoms with E-state index < -0.39 is 17.6 Å². The van der Waals surface area contributed by atoms with Crippen LogP contribution in [0.1, 0.15) is 37.9 Å². The predicted octanol–water partition coefficient (Wildman–Crippen LogP) is 1.18. The van der Waals surface area contributed by atoms with Gasteiger partial charge in [0.1, 0.15) is 5.82 Å². The number of hydroxylamine groups is 2. The van der Waals surface area contributed by atoms with E-state index in [4.69, 9.17) is 4.74 Å². The SMILES string of the molecule is Cc1nc(NNC(=O)[C@@H](CC2CCCC2)CN(O)C=O)c(F)c(N2CCOC[C@H]2CN(C)C)n1. The molecule has 2 amide bonds. The van der Waals surface area contributed by atoms with Crippen LogP contribution in [-0.2, 0) is 14.3 Å². The summed E-state index contributed by atoms with van der Waals surface area (Å²) < 4.78 is 21.0. The van der Waals surface area contributed by atoms with Gasteiger partial charge in [-0.3, -0.25) is 25.6 Å². The van der Waals surface area contributed by atoms with Crippen molar-refractivity contribution in [2.45, 2.75) is 45.1 Å². The minimum Gasteiger partial charge on any atom is -0.377 e. The number of hydrogen-bond donors (Lipinski definition) is 3.